The minimum atomic E-state index is -0.414. The van der Waals surface area contributed by atoms with E-state index >= 15 is 0 Å². The first kappa shape index (κ1) is 17.4. The van der Waals surface area contributed by atoms with Crippen molar-refractivity contribution in [3.05, 3.63) is 58.3 Å². The highest BCUT2D eigenvalue weighted by Gasteiger charge is 2.19. The van der Waals surface area contributed by atoms with Gasteiger partial charge in [0.2, 0.25) is 0 Å². The normalized spacial score (nSPS) is 10.9. The summed E-state index contributed by atoms with van der Waals surface area (Å²) in [7, 11) is 0. The van der Waals surface area contributed by atoms with Gasteiger partial charge in [0.1, 0.15) is 5.56 Å². The van der Waals surface area contributed by atoms with Crippen LogP contribution in [0.3, 0.4) is 0 Å². The topological polar surface area (TPSA) is 64.1 Å². The second-order valence-electron chi connectivity index (χ2n) is 5.96. The molecule has 0 saturated heterocycles. The summed E-state index contributed by atoms with van der Waals surface area (Å²) >= 11 is 3.46. The van der Waals surface area contributed by atoms with Gasteiger partial charge in [0, 0.05) is 27.4 Å². The molecular weight excluding hydrogens is 382 g/mol. The van der Waals surface area contributed by atoms with Crippen molar-refractivity contribution in [2.24, 2.45) is 0 Å². The Hall–Kier alpha value is -2.47. The van der Waals surface area contributed by atoms with Gasteiger partial charge in [-0.25, -0.2) is 14.8 Å². The van der Waals surface area contributed by atoms with E-state index in [-0.39, 0.29) is 6.10 Å². The van der Waals surface area contributed by atoms with Crippen LogP contribution < -0.4 is 5.32 Å². The molecule has 25 heavy (non-hydrogen) atoms. The van der Waals surface area contributed by atoms with Crippen molar-refractivity contribution in [1.29, 1.82) is 0 Å². The number of carbonyl (C=O) groups excluding carboxylic acids is 1. The van der Waals surface area contributed by atoms with Crippen LogP contribution in [0.1, 0.15) is 29.9 Å². The van der Waals surface area contributed by atoms with Crippen molar-refractivity contribution in [3.8, 4) is 0 Å². The number of pyridine rings is 2. The lowest BCUT2D eigenvalue weighted by Crippen LogP contribution is -2.14. The Balaban J connectivity index is 2.14. The molecule has 0 saturated carbocycles. The third-order valence-corrected chi connectivity index (χ3v) is 4.02. The average Bonchev–Trinajstić information content (AvgIpc) is 2.54. The summed E-state index contributed by atoms with van der Waals surface area (Å²) in [6, 6.07) is 11.5. The van der Waals surface area contributed by atoms with Crippen LogP contribution in [0.25, 0.3) is 11.0 Å². The lowest BCUT2D eigenvalue weighted by Gasteiger charge is -2.15. The van der Waals surface area contributed by atoms with Crippen LogP contribution in [0.2, 0.25) is 0 Å². The fourth-order valence-electron chi connectivity index (χ4n) is 2.45. The Bertz CT molecular complexity index is 941. The Kier molecular flexibility index (Phi) is 4.99. The molecule has 0 bridgehead atoms. The molecule has 2 aromatic heterocycles. The van der Waals surface area contributed by atoms with Crippen molar-refractivity contribution >= 4 is 44.3 Å². The van der Waals surface area contributed by atoms with E-state index in [2.05, 4.69) is 31.2 Å². The maximum Gasteiger partial charge on any atom is 0.342 e. The van der Waals surface area contributed by atoms with Gasteiger partial charge in [0.25, 0.3) is 0 Å². The number of hydrogen-bond acceptors (Lipinski definition) is 5. The van der Waals surface area contributed by atoms with Crippen LogP contribution in [0.15, 0.2) is 47.1 Å². The van der Waals surface area contributed by atoms with Gasteiger partial charge in [0.05, 0.1) is 11.8 Å². The maximum absolute atomic E-state index is 12.5. The number of aromatic nitrogens is 2. The molecule has 3 rings (SSSR count). The smallest absolute Gasteiger partial charge is 0.342 e. The number of fused-ring (bicyclic) bond motifs is 1. The third-order valence-electron chi connectivity index (χ3n) is 3.53. The van der Waals surface area contributed by atoms with Gasteiger partial charge in [-0.2, -0.15) is 0 Å². The van der Waals surface area contributed by atoms with Crippen LogP contribution in [0.5, 0.6) is 0 Å². The standard InChI is InChI=1S/C19H18BrN3O2/c1-11(2)25-19(24)16-10-21-18-15(8-7-12(3)22-18)17(16)23-14-6-4-5-13(20)9-14/h4-11H,1-3H3,(H,21,22,23). The van der Waals surface area contributed by atoms with E-state index in [4.69, 9.17) is 4.74 Å². The van der Waals surface area contributed by atoms with Crippen LogP contribution >= 0.6 is 15.9 Å². The Morgan fingerprint density at radius 3 is 2.76 bits per heavy atom. The number of ether oxygens (including phenoxy) is 1. The number of esters is 1. The van der Waals surface area contributed by atoms with E-state index in [1.54, 1.807) is 0 Å². The number of rotatable bonds is 4. The Morgan fingerprint density at radius 1 is 1.24 bits per heavy atom. The molecule has 128 valence electrons. The zero-order valence-corrected chi connectivity index (χ0v) is 15.8. The Morgan fingerprint density at radius 2 is 2.04 bits per heavy atom. The quantitative estimate of drug-likeness (QED) is 0.624. The number of carbonyl (C=O) groups is 1. The summed E-state index contributed by atoms with van der Waals surface area (Å²) in [5.41, 5.74) is 3.32. The largest absolute Gasteiger partial charge is 0.459 e. The molecule has 0 aliphatic rings. The molecule has 0 aliphatic heterocycles. The van der Waals surface area contributed by atoms with Crippen molar-refractivity contribution in [3.63, 3.8) is 0 Å². The summed E-state index contributed by atoms with van der Waals surface area (Å²) in [4.78, 5) is 21.3. The molecule has 1 N–H and O–H groups in total. The predicted molar refractivity (Wildman–Crippen MR) is 102 cm³/mol. The van der Waals surface area contributed by atoms with E-state index in [0.717, 1.165) is 21.2 Å². The molecule has 0 spiro atoms. The molecule has 2 heterocycles. The summed E-state index contributed by atoms with van der Waals surface area (Å²) in [5.74, 6) is -0.414. The third kappa shape index (κ3) is 3.96. The van der Waals surface area contributed by atoms with Crippen molar-refractivity contribution in [2.75, 3.05) is 5.32 Å². The van der Waals surface area contributed by atoms with Gasteiger partial charge in [-0.05, 0) is 51.1 Å². The fraction of sp³-hybridized carbons (Fsp3) is 0.211. The summed E-state index contributed by atoms with van der Waals surface area (Å²) in [5, 5.41) is 4.09. The summed E-state index contributed by atoms with van der Waals surface area (Å²) in [6.45, 7) is 5.54. The first-order chi connectivity index (χ1) is 11.9. The van der Waals surface area contributed by atoms with Gasteiger partial charge < -0.3 is 10.1 Å². The minimum Gasteiger partial charge on any atom is -0.459 e. The number of hydrogen-bond donors (Lipinski definition) is 1. The molecule has 1 aromatic carbocycles. The van der Waals surface area contributed by atoms with E-state index in [0.29, 0.717) is 16.9 Å². The molecule has 5 nitrogen and oxygen atoms in total. The molecule has 0 amide bonds. The zero-order valence-electron chi connectivity index (χ0n) is 14.2. The minimum absolute atomic E-state index is 0.210. The monoisotopic (exact) mass is 399 g/mol. The number of halogens is 1. The fourth-order valence-corrected chi connectivity index (χ4v) is 2.85. The predicted octanol–water partition coefficient (Wildman–Crippen LogP) is 5.01. The molecule has 0 radical (unpaired) electrons. The van der Waals surface area contributed by atoms with Gasteiger partial charge in [-0.1, -0.05) is 22.0 Å². The molecule has 0 fully saturated rings. The second kappa shape index (κ2) is 7.19. The molecule has 0 unspecified atom stereocenters. The van der Waals surface area contributed by atoms with Gasteiger partial charge in [-0.15, -0.1) is 0 Å². The second-order valence-corrected chi connectivity index (χ2v) is 6.88. The van der Waals surface area contributed by atoms with Crippen LogP contribution in [0, 0.1) is 6.92 Å². The lowest BCUT2D eigenvalue weighted by atomic mass is 10.1. The molecule has 0 atom stereocenters. The molecule has 6 heteroatoms. The van der Waals surface area contributed by atoms with Crippen molar-refractivity contribution < 1.29 is 9.53 Å². The number of aryl methyl sites for hydroxylation is 1. The number of anilines is 2. The highest BCUT2D eigenvalue weighted by atomic mass is 79.9. The first-order valence-corrected chi connectivity index (χ1v) is 8.73. The molecule has 0 aliphatic carbocycles. The number of nitrogens with one attached hydrogen (secondary N) is 1. The molecule has 3 aromatic rings. The highest BCUT2D eigenvalue weighted by molar-refractivity contribution is 9.10. The highest BCUT2D eigenvalue weighted by Crippen LogP contribution is 2.30. The van der Waals surface area contributed by atoms with E-state index in [9.17, 15) is 4.79 Å². The van der Waals surface area contributed by atoms with Crippen LogP contribution in [-0.4, -0.2) is 22.0 Å². The van der Waals surface area contributed by atoms with Gasteiger partial charge in [0.15, 0.2) is 5.65 Å². The van der Waals surface area contributed by atoms with Crippen LogP contribution in [0.4, 0.5) is 11.4 Å². The number of benzene rings is 1. The van der Waals surface area contributed by atoms with Gasteiger partial charge >= 0.3 is 5.97 Å². The van der Waals surface area contributed by atoms with E-state index in [1.165, 1.54) is 6.20 Å². The maximum atomic E-state index is 12.5. The van der Waals surface area contributed by atoms with Crippen LogP contribution in [-0.2, 0) is 4.74 Å². The first-order valence-electron chi connectivity index (χ1n) is 7.94. The average molecular weight is 400 g/mol. The molecular formula is C19H18BrN3O2. The summed E-state index contributed by atoms with van der Waals surface area (Å²) in [6.07, 6.45) is 1.30. The van der Waals surface area contributed by atoms with Gasteiger partial charge in [-0.3, -0.25) is 0 Å². The lowest BCUT2D eigenvalue weighted by molar-refractivity contribution is 0.0379. The van der Waals surface area contributed by atoms with Crippen molar-refractivity contribution in [1.82, 2.24) is 9.97 Å². The summed E-state index contributed by atoms with van der Waals surface area (Å²) < 4.78 is 6.30. The van der Waals surface area contributed by atoms with E-state index < -0.39 is 5.97 Å². The van der Waals surface area contributed by atoms with Crippen molar-refractivity contribution in [2.45, 2.75) is 26.9 Å². The Labute approximate surface area is 154 Å². The number of nitrogens with zero attached hydrogens (tertiary/aromatic N) is 2. The SMILES string of the molecule is Cc1ccc2c(Nc3cccc(Br)c3)c(C(=O)OC(C)C)cnc2n1. The van der Waals surface area contributed by atoms with E-state index in [1.807, 2.05) is 57.2 Å². The zero-order chi connectivity index (χ0) is 18.0.